The van der Waals surface area contributed by atoms with Crippen LogP contribution in [0.15, 0.2) is 18.2 Å². The van der Waals surface area contributed by atoms with Crippen molar-refractivity contribution in [2.24, 2.45) is 0 Å². The van der Waals surface area contributed by atoms with E-state index in [1.807, 2.05) is 36.0 Å². The Kier molecular flexibility index (Phi) is 3.95. The summed E-state index contributed by atoms with van der Waals surface area (Å²) in [4.78, 5) is 16.1. The highest BCUT2D eigenvalue weighted by Gasteiger charge is 2.26. The predicted octanol–water partition coefficient (Wildman–Crippen LogP) is 1.20. The maximum Gasteiger partial charge on any atom is 0.254 e. The number of hydrogen-bond acceptors (Lipinski definition) is 4. The summed E-state index contributed by atoms with van der Waals surface area (Å²) in [6.07, 6.45) is 1.05. The van der Waals surface area contributed by atoms with Crippen LogP contribution < -0.4 is 10.6 Å². The smallest absolute Gasteiger partial charge is 0.254 e. The Labute approximate surface area is 113 Å². The Balaban J connectivity index is 2.14. The number of nitrogens with zero attached hydrogens (tertiary/aromatic N) is 2. The zero-order chi connectivity index (χ0) is 14.0. The monoisotopic (exact) mass is 263 g/mol. The number of likely N-dealkylation sites (tertiary alicyclic amines) is 1. The van der Waals surface area contributed by atoms with E-state index in [-0.39, 0.29) is 12.0 Å². The number of benzene rings is 1. The maximum atomic E-state index is 12.3. The zero-order valence-corrected chi connectivity index (χ0v) is 11.7. The molecule has 1 aliphatic heterocycles. The van der Waals surface area contributed by atoms with Crippen molar-refractivity contribution < 1.29 is 9.53 Å². The number of carbonyl (C=O) groups is 1. The molecular weight excluding hydrogens is 242 g/mol. The van der Waals surface area contributed by atoms with Gasteiger partial charge in [-0.2, -0.15) is 0 Å². The summed E-state index contributed by atoms with van der Waals surface area (Å²) in [5, 5.41) is 0. The summed E-state index contributed by atoms with van der Waals surface area (Å²) in [6, 6.07) is 5.46. The molecule has 1 atom stereocenters. The third-order valence-electron chi connectivity index (χ3n) is 3.52. The molecule has 2 rings (SSSR count). The van der Waals surface area contributed by atoms with Crippen LogP contribution in [-0.4, -0.2) is 51.2 Å². The molecule has 0 radical (unpaired) electrons. The normalized spacial score (nSPS) is 18.7. The van der Waals surface area contributed by atoms with Crippen molar-refractivity contribution in [1.29, 1.82) is 0 Å². The summed E-state index contributed by atoms with van der Waals surface area (Å²) in [5.41, 5.74) is 8.16. The van der Waals surface area contributed by atoms with E-state index in [2.05, 4.69) is 0 Å². The van der Waals surface area contributed by atoms with E-state index in [0.717, 1.165) is 18.7 Å². The second kappa shape index (κ2) is 5.48. The van der Waals surface area contributed by atoms with Gasteiger partial charge in [-0.25, -0.2) is 0 Å². The minimum Gasteiger partial charge on any atom is -0.397 e. The second-order valence-corrected chi connectivity index (χ2v) is 5.07. The molecule has 1 unspecified atom stereocenters. The minimum atomic E-state index is 0.0246. The highest BCUT2D eigenvalue weighted by molar-refractivity contribution is 5.96. The van der Waals surface area contributed by atoms with Crippen molar-refractivity contribution in [3.8, 4) is 0 Å². The Morgan fingerprint density at radius 3 is 2.74 bits per heavy atom. The molecule has 1 fully saturated rings. The second-order valence-electron chi connectivity index (χ2n) is 5.07. The SMILES string of the molecule is COC1CCN(C(=O)c2ccc(N(C)C)c(N)c2)C1. The van der Waals surface area contributed by atoms with Crippen LogP contribution in [0.1, 0.15) is 16.8 Å². The number of hydrogen-bond donors (Lipinski definition) is 1. The number of nitrogens with two attached hydrogens (primary N) is 1. The molecule has 0 aliphatic carbocycles. The summed E-state index contributed by atoms with van der Waals surface area (Å²) < 4.78 is 5.28. The number of ether oxygens (including phenoxy) is 1. The van der Waals surface area contributed by atoms with Gasteiger partial charge in [0.25, 0.3) is 5.91 Å². The number of carbonyl (C=O) groups excluding carboxylic acids is 1. The summed E-state index contributed by atoms with van der Waals surface area (Å²) in [5.74, 6) is 0.0246. The number of amides is 1. The molecule has 19 heavy (non-hydrogen) atoms. The third-order valence-corrected chi connectivity index (χ3v) is 3.52. The number of methoxy groups -OCH3 is 1. The first-order valence-electron chi connectivity index (χ1n) is 6.42. The van der Waals surface area contributed by atoms with E-state index < -0.39 is 0 Å². The van der Waals surface area contributed by atoms with Crippen LogP contribution in [0.4, 0.5) is 11.4 Å². The van der Waals surface area contributed by atoms with Gasteiger partial charge < -0.3 is 20.3 Å². The van der Waals surface area contributed by atoms with Gasteiger partial charge in [0.1, 0.15) is 0 Å². The lowest BCUT2D eigenvalue weighted by atomic mass is 10.1. The number of rotatable bonds is 3. The summed E-state index contributed by atoms with van der Waals surface area (Å²) in [7, 11) is 5.54. The Morgan fingerprint density at radius 1 is 1.47 bits per heavy atom. The lowest BCUT2D eigenvalue weighted by Gasteiger charge is -2.19. The topological polar surface area (TPSA) is 58.8 Å². The van der Waals surface area contributed by atoms with Gasteiger partial charge in [-0.15, -0.1) is 0 Å². The van der Waals surface area contributed by atoms with Gasteiger partial charge >= 0.3 is 0 Å². The molecule has 0 aromatic heterocycles. The van der Waals surface area contributed by atoms with Gasteiger partial charge in [-0.1, -0.05) is 0 Å². The first kappa shape index (κ1) is 13.7. The fraction of sp³-hybridized carbons (Fsp3) is 0.500. The first-order valence-corrected chi connectivity index (χ1v) is 6.42. The minimum absolute atomic E-state index is 0.0246. The third kappa shape index (κ3) is 2.81. The zero-order valence-electron chi connectivity index (χ0n) is 11.7. The van der Waals surface area contributed by atoms with Crippen LogP contribution in [0.3, 0.4) is 0 Å². The largest absolute Gasteiger partial charge is 0.397 e. The highest BCUT2D eigenvalue weighted by atomic mass is 16.5. The molecule has 0 bridgehead atoms. The average Bonchev–Trinajstić information content (AvgIpc) is 2.86. The number of anilines is 2. The summed E-state index contributed by atoms with van der Waals surface area (Å²) in [6.45, 7) is 1.40. The first-order chi connectivity index (χ1) is 9.02. The Morgan fingerprint density at radius 2 is 2.21 bits per heavy atom. The molecule has 1 heterocycles. The van der Waals surface area contributed by atoms with Gasteiger partial charge in [0, 0.05) is 39.9 Å². The van der Waals surface area contributed by atoms with Crippen molar-refractivity contribution in [2.75, 3.05) is 44.9 Å². The molecule has 1 amide bonds. The lowest BCUT2D eigenvalue weighted by molar-refractivity contribution is 0.0724. The Hall–Kier alpha value is -1.75. The fourth-order valence-electron chi connectivity index (χ4n) is 2.38. The van der Waals surface area contributed by atoms with Crippen molar-refractivity contribution in [2.45, 2.75) is 12.5 Å². The standard InChI is InChI=1S/C14H21N3O2/c1-16(2)13-5-4-10(8-12(13)15)14(18)17-7-6-11(9-17)19-3/h4-5,8,11H,6-7,9,15H2,1-3H3. The lowest BCUT2D eigenvalue weighted by Crippen LogP contribution is -2.30. The molecule has 1 aromatic carbocycles. The van der Waals surface area contributed by atoms with E-state index in [1.165, 1.54) is 0 Å². The van der Waals surface area contributed by atoms with Gasteiger partial charge in [0.05, 0.1) is 17.5 Å². The quantitative estimate of drug-likeness (QED) is 0.832. The molecule has 0 spiro atoms. The van der Waals surface area contributed by atoms with Crippen molar-refractivity contribution >= 4 is 17.3 Å². The summed E-state index contributed by atoms with van der Waals surface area (Å²) >= 11 is 0. The maximum absolute atomic E-state index is 12.3. The molecule has 2 N–H and O–H groups in total. The van der Waals surface area contributed by atoms with E-state index in [1.54, 1.807) is 13.2 Å². The molecule has 5 nitrogen and oxygen atoms in total. The molecule has 1 saturated heterocycles. The van der Waals surface area contributed by atoms with Crippen LogP contribution >= 0.6 is 0 Å². The van der Waals surface area contributed by atoms with Gasteiger partial charge in [0.2, 0.25) is 0 Å². The van der Waals surface area contributed by atoms with Gasteiger partial charge in [-0.3, -0.25) is 4.79 Å². The van der Waals surface area contributed by atoms with Crippen LogP contribution in [0.25, 0.3) is 0 Å². The van der Waals surface area contributed by atoms with Crippen molar-refractivity contribution in [3.63, 3.8) is 0 Å². The van der Waals surface area contributed by atoms with Crippen molar-refractivity contribution in [3.05, 3.63) is 23.8 Å². The highest BCUT2D eigenvalue weighted by Crippen LogP contribution is 2.24. The van der Waals surface area contributed by atoms with E-state index >= 15 is 0 Å². The van der Waals surface area contributed by atoms with Gasteiger partial charge in [-0.05, 0) is 24.6 Å². The molecular formula is C14H21N3O2. The molecule has 0 saturated carbocycles. The predicted molar refractivity (Wildman–Crippen MR) is 76.5 cm³/mol. The van der Waals surface area contributed by atoms with E-state index in [0.29, 0.717) is 17.8 Å². The van der Waals surface area contributed by atoms with Crippen LogP contribution in [0.2, 0.25) is 0 Å². The van der Waals surface area contributed by atoms with Crippen LogP contribution in [-0.2, 0) is 4.74 Å². The van der Waals surface area contributed by atoms with Crippen molar-refractivity contribution in [1.82, 2.24) is 4.90 Å². The van der Waals surface area contributed by atoms with E-state index in [4.69, 9.17) is 10.5 Å². The molecule has 1 aliphatic rings. The average molecular weight is 263 g/mol. The Bertz CT molecular complexity index is 474. The molecule has 104 valence electrons. The molecule has 5 heteroatoms. The fourth-order valence-corrected chi connectivity index (χ4v) is 2.38. The van der Waals surface area contributed by atoms with Crippen LogP contribution in [0, 0.1) is 0 Å². The van der Waals surface area contributed by atoms with Crippen LogP contribution in [0.5, 0.6) is 0 Å². The number of nitrogen functional groups attached to an aromatic ring is 1. The van der Waals surface area contributed by atoms with E-state index in [9.17, 15) is 4.79 Å². The molecule has 1 aromatic rings. The van der Waals surface area contributed by atoms with Gasteiger partial charge in [0.15, 0.2) is 0 Å².